The largest absolute Gasteiger partial charge is 0.330 e. The highest BCUT2D eigenvalue weighted by Gasteiger charge is 2.32. The molecule has 1 aromatic heterocycles. The summed E-state index contributed by atoms with van der Waals surface area (Å²) in [5, 5.41) is 8.57. The normalized spacial score (nSPS) is 26.2. The lowest BCUT2D eigenvalue weighted by Crippen LogP contribution is -2.19. The van der Waals surface area contributed by atoms with Gasteiger partial charge in [-0.1, -0.05) is 5.21 Å². The molecule has 76 valence electrons. The molecule has 4 heteroatoms. The van der Waals surface area contributed by atoms with Crippen LogP contribution >= 0.6 is 0 Å². The Morgan fingerprint density at radius 3 is 2.93 bits per heavy atom. The second-order valence-electron chi connectivity index (χ2n) is 4.42. The molecule has 2 N–H and O–H groups in total. The van der Waals surface area contributed by atoms with Crippen LogP contribution in [0.15, 0.2) is 0 Å². The molecule has 1 heterocycles. The van der Waals surface area contributed by atoms with Crippen LogP contribution < -0.4 is 5.73 Å². The van der Waals surface area contributed by atoms with Gasteiger partial charge in [0.05, 0.1) is 17.4 Å². The van der Waals surface area contributed by atoms with Crippen molar-refractivity contribution in [1.29, 1.82) is 0 Å². The lowest BCUT2D eigenvalue weighted by atomic mass is 9.90. The van der Waals surface area contributed by atoms with Crippen LogP contribution in [-0.2, 0) is 6.42 Å². The molecule has 1 atom stereocenters. The summed E-state index contributed by atoms with van der Waals surface area (Å²) in [4.78, 5) is 0. The summed E-state index contributed by atoms with van der Waals surface area (Å²) >= 11 is 0. The quantitative estimate of drug-likeness (QED) is 0.760. The Balaban J connectivity index is 1.99. The Morgan fingerprint density at radius 2 is 2.21 bits per heavy atom. The first-order valence-electron chi connectivity index (χ1n) is 5.54. The highest BCUT2D eigenvalue weighted by atomic mass is 15.5. The topological polar surface area (TPSA) is 56.7 Å². The molecule has 4 nitrogen and oxygen atoms in total. The summed E-state index contributed by atoms with van der Waals surface area (Å²) in [6.45, 7) is 0.719. The van der Waals surface area contributed by atoms with Crippen LogP contribution in [0.1, 0.15) is 49.0 Å². The first kappa shape index (κ1) is 8.41. The maximum absolute atomic E-state index is 5.74. The van der Waals surface area contributed by atoms with E-state index in [1.807, 2.05) is 0 Å². The minimum absolute atomic E-state index is 0.464. The smallest absolute Gasteiger partial charge is 0.0902 e. The minimum atomic E-state index is 0.464. The van der Waals surface area contributed by atoms with Gasteiger partial charge in [-0.2, -0.15) is 0 Å². The van der Waals surface area contributed by atoms with Crippen molar-refractivity contribution < 1.29 is 0 Å². The Hall–Kier alpha value is -0.900. The SMILES string of the molecule is NCC1CCCc2c1nnn2C1CC1. The van der Waals surface area contributed by atoms with Gasteiger partial charge >= 0.3 is 0 Å². The Morgan fingerprint density at radius 1 is 1.36 bits per heavy atom. The lowest BCUT2D eigenvalue weighted by Gasteiger charge is -2.19. The van der Waals surface area contributed by atoms with Gasteiger partial charge in [0, 0.05) is 12.5 Å². The molecule has 3 rings (SSSR count). The molecule has 0 bridgehead atoms. The van der Waals surface area contributed by atoms with Crippen LogP contribution in [0.25, 0.3) is 0 Å². The van der Waals surface area contributed by atoms with Crippen LogP contribution in [0.3, 0.4) is 0 Å². The first-order chi connectivity index (χ1) is 6.90. The van der Waals surface area contributed by atoms with Crippen LogP contribution in [0.5, 0.6) is 0 Å². The van der Waals surface area contributed by atoms with Gasteiger partial charge < -0.3 is 5.73 Å². The maximum atomic E-state index is 5.74. The summed E-state index contributed by atoms with van der Waals surface area (Å²) in [5.41, 5.74) is 8.30. The van der Waals surface area contributed by atoms with Gasteiger partial charge in [-0.05, 0) is 32.1 Å². The number of nitrogens with zero attached hydrogens (tertiary/aromatic N) is 3. The average molecular weight is 192 g/mol. The van der Waals surface area contributed by atoms with Crippen molar-refractivity contribution in [3.63, 3.8) is 0 Å². The van der Waals surface area contributed by atoms with Crippen molar-refractivity contribution in [2.75, 3.05) is 6.54 Å². The van der Waals surface area contributed by atoms with Crippen molar-refractivity contribution >= 4 is 0 Å². The molecule has 0 saturated heterocycles. The monoisotopic (exact) mass is 192 g/mol. The lowest BCUT2D eigenvalue weighted by molar-refractivity contribution is 0.521. The fourth-order valence-electron chi connectivity index (χ4n) is 2.38. The second kappa shape index (κ2) is 3.05. The highest BCUT2D eigenvalue weighted by Crippen LogP contribution is 2.38. The van der Waals surface area contributed by atoms with Gasteiger partial charge in [0.15, 0.2) is 0 Å². The molecule has 1 fully saturated rings. The summed E-state index contributed by atoms with van der Waals surface area (Å²) in [6, 6.07) is 0.655. The first-order valence-corrected chi connectivity index (χ1v) is 5.54. The molecule has 14 heavy (non-hydrogen) atoms. The third-order valence-corrected chi connectivity index (χ3v) is 3.35. The van der Waals surface area contributed by atoms with Crippen LogP contribution in [0.4, 0.5) is 0 Å². The number of nitrogens with two attached hydrogens (primary N) is 1. The molecule has 0 aromatic carbocycles. The van der Waals surface area contributed by atoms with E-state index in [-0.39, 0.29) is 0 Å². The van der Waals surface area contributed by atoms with E-state index in [4.69, 9.17) is 5.73 Å². The van der Waals surface area contributed by atoms with Gasteiger partial charge in [0.2, 0.25) is 0 Å². The third kappa shape index (κ3) is 1.17. The van der Waals surface area contributed by atoms with E-state index in [9.17, 15) is 0 Å². The third-order valence-electron chi connectivity index (χ3n) is 3.35. The predicted octanol–water partition coefficient (Wildman–Crippen LogP) is 0.992. The van der Waals surface area contributed by atoms with Crippen molar-refractivity contribution in [2.45, 2.75) is 44.1 Å². The van der Waals surface area contributed by atoms with Crippen molar-refractivity contribution in [2.24, 2.45) is 5.73 Å². The molecule has 2 aliphatic rings. The van der Waals surface area contributed by atoms with E-state index in [0.29, 0.717) is 12.0 Å². The molecule has 0 spiro atoms. The summed E-state index contributed by atoms with van der Waals surface area (Å²) in [5.74, 6) is 0.464. The summed E-state index contributed by atoms with van der Waals surface area (Å²) in [7, 11) is 0. The van der Waals surface area contributed by atoms with Gasteiger partial charge in [-0.25, -0.2) is 4.68 Å². The van der Waals surface area contributed by atoms with E-state index in [1.165, 1.54) is 37.1 Å². The zero-order chi connectivity index (χ0) is 9.54. The van der Waals surface area contributed by atoms with Crippen molar-refractivity contribution in [1.82, 2.24) is 15.0 Å². The average Bonchev–Trinajstić information content (AvgIpc) is 2.97. The molecule has 0 aliphatic heterocycles. The zero-order valence-electron chi connectivity index (χ0n) is 8.32. The minimum Gasteiger partial charge on any atom is -0.330 e. The number of rotatable bonds is 2. The molecule has 2 aliphatic carbocycles. The van der Waals surface area contributed by atoms with E-state index in [1.54, 1.807) is 0 Å². The van der Waals surface area contributed by atoms with Gasteiger partial charge in [0.1, 0.15) is 0 Å². The van der Waals surface area contributed by atoms with Crippen molar-refractivity contribution in [3.8, 4) is 0 Å². The molecule has 1 saturated carbocycles. The zero-order valence-corrected chi connectivity index (χ0v) is 8.32. The molecule has 0 radical (unpaired) electrons. The van der Waals surface area contributed by atoms with Crippen LogP contribution in [-0.4, -0.2) is 21.5 Å². The Kier molecular flexibility index (Phi) is 1.83. The van der Waals surface area contributed by atoms with E-state index < -0.39 is 0 Å². The van der Waals surface area contributed by atoms with Gasteiger partial charge in [-0.3, -0.25) is 0 Å². The summed E-state index contributed by atoms with van der Waals surface area (Å²) in [6.07, 6.45) is 6.14. The highest BCUT2D eigenvalue weighted by molar-refractivity contribution is 5.20. The van der Waals surface area contributed by atoms with Gasteiger partial charge in [0.25, 0.3) is 0 Å². The molecular formula is C10H16N4. The van der Waals surface area contributed by atoms with Gasteiger partial charge in [-0.15, -0.1) is 5.10 Å². The molecule has 1 unspecified atom stereocenters. The van der Waals surface area contributed by atoms with Crippen LogP contribution in [0, 0.1) is 0 Å². The standard InChI is InChI=1S/C10H16N4/c11-6-7-2-1-3-9-10(7)12-13-14(9)8-4-5-8/h7-8H,1-6,11H2. The fraction of sp³-hybridized carbons (Fsp3) is 0.800. The van der Waals surface area contributed by atoms with E-state index in [2.05, 4.69) is 15.0 Å². The fourth-order valence-corrected chi connectivity index (χ4v) is 2.38. The van der Waals surface area contributed by atoms with E-state index in [0.717, 1.165) is 13.0 Å². The number of hydrogen-bond acceptors (Lipinski definition) is 3. The Bertz CT molecular complexity index is 340. The van der Waals surface area contributed by atoms with Crippen LogP contribution in [0.2, 0.25) is 0 Å². The van der Waals surface area contributed by atoms with Crippen molar-refractivity contribution in [3.05, 3.63) is 11.4 Å². The molecule has 1 aromatic rings. The predicted molar refractivity (Wildman–Crippen MR) is 53.0 cm³/mol. The number of hydrogen-bond donors (Lipinski definition) is 1. The number of fused-ring (bicyclic) bond motifs is 1. The summed E-state index contributed by atoms with van der Waals surface area (Å²) < 4.78 is 2.15. The number of aromatic nitrogens is 3. The maximum Gasteiger partial charge on any atom is 0.0902 e. The van der Waals surface area contributed by atoms with E-state index >= 15 is 0 Å². The molecule has 0 amide bonds. The molecular weight excluding hydrogens is 176 g/mol. The second-order valence-corrected chi connectivity index (χ2v) is 4.42. The Labute approximate surface area is 83.5 Å².